The van der Waals surface area contributed by atoms with Crippen LogP contribution in [0.3, 0.4) is 0 Å². The summed E-state index contributed by atoms with van der Waals surface area (Å²) in [5.41, 5.74) is 0. The Bertz CT molecular complexity index is 117. The molecule has 104 valence electrons. The molecule has 3 heteroatoms. The van der Waals surface area contributed by atoms with Crippen molar-refractivity contribution in [2.24, 2.45) is 0 Å². The minimum absolute atomic E-state index is 0.317. The van der Waals surface area contributed by atoms with Gasteiger partial charge in [-0.25, -0.2) is 0 Å². The molecule has 0 amide bonds. The van der Waals surface area contributed by atoms with Gasteiger partial charge in [-0.1, -0.05) is 38.5 Å². The van der Waals surface area contributed by atoms with Crippen molar-refractivity contribution < 1.29 is 10.2 Å². The SMILES string of the molecule is OCCCCCCCCCCNCCCCO. The first-order valence-corrected chi connectivity index (χ1v) is 7.34. The minimum atomic E-state index is 0.317. The molecule has 0 aromatic heterocycles. The second-order valence-corrected chi connectivity index (χ2v) is 4.73. The molecule has 0 aromatic carbocycles. The summed E-state index contributed by atoms with van der Waals surface area (Å²) in [6, 6.07) is 0. The quantitative estimate of drug-likeness (QED) is 0.412. The molecule has 0 heterocycles. The Morgan fingerprint density at radius 1 is 0.471 bits per heavy atom. The normalized spacial score (nSPS) is 10.9. The van der Waals surface area contributed by atoms with Crippen LogP contribution < -0.4 is 5.32 Å². The summed E-state index contributed by atoms with van der Waals surface area (Å²) >= 11 is 0. The van der Waals surface area contributed by atoms with Crippen LogP contribution in [0, 0.1) is 0 Å². The largest absolute Gasteiger partial charge is 0.396 e. The Hall–Kier alpha value is -0.120. The molecule has 3 N–H and O–H groups in total. The summed E-state index contributed by atoms with van der Waals surface area (Å²) in [6.07, 6.45) is 12.0. The van der Waals surface area contributed by atoms with E-state index in [9.17, 15) is 0 Å². The summed E-state index contributed by atoms with van der Waals surface area (Å²) in [5.74, 6) is 0. The third kappa shape index (κ3) is 15.9. The number of hydrogen-bond acceptors (Lipinski definition) is 3. The number of rotatable bonds is 14. The van der Waals surface area contributed by atoms with E-state index < -0.39 is 0 Å². The summed E-state index contributed by atoms with van der Waals surface area (Å²) in [5, 5.41) is 20.6. The molecule has 0 radical (unpaired) electrons. The molecule has 0 fully saturated rings. The van der Waals surface area contributed by atoms with Crippen molar-refractivity contribution in [2.45, 2.75) is 64.2 Å². The number of nitrogens with one attached hydrogen (secondary N) is 1. The van der Waals surface area contributed by atoms with Crippen LogP contribution in [0.15, 0.2) is 0 Å². The van der Waals surface area contributed by atoms with Crippen LogP contribution in [0.1, 0.15) is 64.2 Å². The summed E-state index contributed by atoms with van der Waals surface area (Å²) in [6.45, 7) is 2.83. The smallest absolute Gasteiger partial charge is 0.0431 e. The highest BCUT2D eigenvalue weighted by molar-refractivity contribution is 4.51. The predicted molar refractivity (Wildman–Crippen MR) is 73.2 cm³/mol. The van der Waals surface area contributed by atoms with Crippen LogP contribution in [-0.4, -0.2) is 36.5 Å². The second kappa shape index (κ2) is 15.9. The van der Waals surface area contributed by atoms with Gasteiger partial charge in [-0.2, -0.15) is 0 Å². The maximum atomic E-state index is 8.62. The summed E-state index contributed by atoms with van der Waals surface area (Å²) < 4.78 is 0. The van der Waals surface area contributed by atoms with Crippen molar-refractivity contribution >= 4 is 0 Å². The van der Waals surface area contributed by atoms with E-state index in [-0.39, 0.29) is 0 Å². The van der Waals surface area contributed by atoms with E-state index >= 15 is 0 Å². The molecule has 0 bridgehead atoms. The van der Waals surface area contributed by atoms with Gasteiger partial charge in [0.1, 0.15) is 0 Å². The van der Waals surface area contributed by atoms with Crippen molar-refractivity contribution in [3.63, 3.8) is 0 Å². The molecule has 0 rings (SSSR count). The molecular weight excluding hydrogens is 214 g/mol. The van der Waals surface area contributed by atoms with Gasteiger partial charge in [-0.3, -0.25) is 0 Å². The van der Waals surface area contributed by atoms with Gasteiger partial charge in [-0.05, 0) is 38.8 Å². The molecular formula is C14H31NO2. The zero-order valence-electron chi connectivity index (χ0n) is 11.3. The molecule has 0 unspecified atom stereocenters. The Balaban J connectivity index is 2.85. The van der Waals surface area contributed by atoms with Crippen molar-refractivity contribution in [3.05, 3.63) is 0 Å². The zero-order valence-corrected chi connectivity index (χ0v) is 11.3. The Morgan fingerprint density at radius 2 is 0.824 bits per heavy atom. The Labute approximate surface area is 107 Å². The fraction of sp³-hybridized carbons (Fsp3) is 1.00. The average Bonchev–Trinajstić information content (AvgIpc) is 2.35. The van der Waals surface area contributed by atoms with Gasteiger partial charge in [-0.15, -0.1) is 0 Å². The van der Waals surface area contributed by atoms with Crippen LogP contribution in [0.25, 0.3) is 0 Å². The molecule has 0 saturated carbocycles. The standard InChI is InChI=1S/C14H31NO2/c16-13-9-6-4-2-1-3-5-7-11-15-12-8-10-14-17/h15-17H,1-14H2. The highest BCUT2D eigenvalue weighted by Gasteiger charge is 1.92. The van der Waals surface area contributed by atoms with E-state index in [4.69, 9.17) is 10.2 Å². The Morgan fingerprint density at radius 3 is 1.35 bits per heavy atom. The van der Waals surface area contributed by atoms with Crippen molar-refractivity contribution in [2.75, 3.05) is 26.3 Å². The fourth-order valence-electron chi connectivity index (χ4n) is 1.91. The van der Waals surface area contributed by atoms with Gasteiger partial charge in [0.2, 0.25) is 0 Å². The lowest BCUT2D eigenvalue weighted by atomic mass is 10.1. The molecule has 0 spiro atoms. The van der Waals surface area contributed by atoms with E-state index in [0.717, 1.165) is 32.4 Å². The van der Waals surface area contributed by atoms with Crippen LogP contribution in [-0.2, 0) is 0 Å². The third-order valence-corrected chi connectivity index (χ3v) is 3.02. The predicted octanol–water partition coefficient (Wildman–Crippen LogP) is 2.46. The maximum Gasteiger partial charge on any atom is 0.0431 e. The number of aliphatic hydroxyl groups is 2. The van der Waals surface area contributed by atoms with Crippen molar-refractivity contribution in [1.82, 2.24) is 5.32 Å². The monoisotopic (exact) mass is 245 g/mol. The Kier molecular flexibility index (Phi) is 15.8. The molecule has 0 aliphatic heterocycles. The van der Waals surface area contributed by atoms with Gasteiger partial charge in [0.25, 0.3) is 0 Å². The van der Waals surface area contributed by atoms with Gasteiger partial charge < -0.3 is 15.5 Å². The highest BCUT2D eigenvalue weighted by atomic mass is 16.3. The van der Waals surface area contributed by atoms with Crippen LogP contribution in [0.2, 0.25) is 0 Å². The first-order chi connectivity index (χ1) is 8.41. The maximum absolute atomic E-state index is 8.62. The average molecular weight is 245 g/mol. The van der Waals surface area contributed by atoms with E-state index in [1.807, 2.05) is 0 Å². The number of unbranched alkanes of at least 4 members (excludes halogenated alkanes) is 8. The van der Waals surface area contributed by atoms with Gasteiger partial charge >= 0.3 is 0 Å². The lowest BCUT2D eigenvalue weighted by Crippen LogP contribution is -2.16. The molecule has 0 aromatic rings. The van der Waals surface area contributed by atoms with Crippen molar-refractivity contribution in [3.8, 4) is 0 Å². The topological polar surface area (TPSA) is 52.5 Å². The van der Waals surface area contributed by atoms with Gasteiger partial charge in [0, 0.05) is 13.2 Å². The first kappa shape index (κ1) is 16.9. The van der Waals surface area contributed by atoms with Crippen molar-refractivity contribution in [1.29, 1.82) is 0 Å². The van der Waals surface area contributed by atoms with E-state index in [1.54, 1.807) is 0 Å². The van der Waals surface area contributed by atoms with E-state index in [0.29, 0.717) is 13.2 Å². The van der Waals surface area contributed by atoms with Gasteiger partial charge in [0.15, 0.2) is 0 Å². The lowest BCUT2D eigenvalue weighted by molar-refractivity contribution is 0.282. The van der Waals surface area contributed by atoms with Crippen LogP contribution in [0.5, 0.6) is 0 Å². The van der Waals surface area contributed by atoms with E-state index in [1.165, 1.54) is 44.9 Å². The molecule has 0 aliphatic carbocycles. The number of hydrogen-bond donors (Lipinski definition) is 3. The third-order valence-electron chi connectivity index (χ3n) is 3.02. The fourth-order valence-corrected chi connectivity index (χ4v) is 1.91. The second-order valence-electron chi connectivity index (χ2n) is 4.73. The van der Waals surface area contributed by atoms with Crippen LogP contribution in [0.4, 0.5) is 0 Å². The highest BCUT2D eigenvalue weighted by Crippen LogP contribution is 2.07. The first-order valence-electron chi connectivity index (χ1n) is 7.34. The zero-order chi connectivity index (χ0) is 12.6. The van der Waals surface area contributed by atoms with Gasteiger partial charge in [0.05, 0.1) is 0 Å². The summed E-state index contributed by atoms with van der Waals surface area (Å²) in [4.78, 5) is 0. The molecule has 0 aliphatic rings. The minimum Gasteiger partial charge on any atom is -0.396 e. The summed E-state index contributed by atoms with van der Waals surface area (Å²) in [7, 11) is 0. The van der Waals surface area contributed by atoms with E-state index in [2.05, 4.69) is 5.32 Å². The molecule has 0 saturated heterocycles. The number of aliphatic hydroxyl groups excluding tert-OH is 2. The molecule has 17 heavy (non-hydrogen) atoms. The lowest BCUT2D eigenvalue weighted by Gasteiger charge is -2.04. The molecule has 0 atom stereocenters. The van der Waals surface area contributed by atoms with Crippen LogP contribution >= 0.6 is 0 Å². The molecule has 3 nitrogen and oxygen atoms in total.